The van der Waals surface area contributed by atoms with Gasteiger partial charge in [-0.2, -0.15) is 0 Å². The third-order valence-electron chi connectivity index (χ3n) is 4.04. The Bertz CT molecular complexity index is 405. The molecule has 0 unspecified atom stereocenters. The van der Waals surface area contributed by atoms with Crippen LogP contribution in [-0.4, -0.2) is 16.1 Å². The molecule has 0 radical (unpaired) electrons. The van der Waals surface area contributed by atoms with Crippen LogP contribution < -0.4 is 5.19 Å². The molecule has 20 heavy (non-hydrogen) atoms. The fourth-order valence-corrected chi connectivity index (χ4v) is 8.75. The molecular weight excluding hydrogens is 272 g/mol. The lowest BCUT2D eigenvalue weighted by Crippen LogP contribution is -2.46. The van der Waals surface area contributed by atoms with Gasteiger partial charge in [0, 0.05) is 8.07 Å². The average Bonchev–Trinajstić information content (AvgIpc) is 2.38. The fourth-order valence-electron chi connectivity index (χ4n) is 2.97. The van der Waals surface area contributed by atoms with Crippen molar-refractivity contribution in [3.05, 3.63) is 55.6 Å². The minimum absolute atomic E-state index is 0.933. The highest BCUT2D eigenvalue weighted by Crippen LogP contribution is 2.27. The molecule has 0 spiro atoms. The summed E-state index contributed by atoms with van der Waals surface area (Å²) in [6, 6.07) is 16.3. The summed E-state index contributed by atoms with van der Waals surface area (Å²) in [5.41, 5.74) is 0. The van der Waals surface area contributed by atoms with Crippen molar-refractivity contribution < 1.29 is 0 Å². The Balaban J connectivity index is 2.93. The topological polar surface area (TPSA) is 0 Å². The molecule has 0 atom stereocenters. The van der Waals surface area contributed by atoms with E-state index < -0.39 is 16.1 Å². The largest absolute Gasteiger partial charge is 0.103 e. The van der Waals surface area contributed by atoms with Crippen LogP contribution in [0.1, 0.15) is 6.42 Å². The molecule has 0 fully saturated rings. The van der Waals surface area contributed by atoms with E-state index in [2.05, 4.69) is 75.3 Å². The summed E-state index contributed by atoms with van der Waals surface area (Å²) < 4.78 is 0. The molecule has 0 amide bonds. The fraction of sp³-hybridized carbons (Fsp3) is 0.444. The van der Waals surface area contributed by atoms with Crippen LogP contribution >= 0.6 is 0 Å². The summed E-state index contributed by atoms with van der Waals surface area (Å²) in [5, 5.41) is 1.58. The normalized spacial score (nSPS) is 12.2. The van der Waals surface area contributed by atoms with Gasteiger partial charge < -0.3 is 0 Å². The van der Waals surface area contributed by atoms with Crippen molar-refractivity contribution >= 4 is 21.3 Å². The Hall–Kier alpha value is -0.866. The van der Waals surface area contributed by atoms with Crippen LogP contribution in [0.3, 0.4) is 0 Å². The molecule has 0 nitrogen and oxygen atoms in total. The van der Waals surface area contributed by atoms with Gasteiger partial charge in [0.05, 0.1) is 8.07 Å². The second-order valence-corrected chi connectivity index (χ2v) is 17.1. The van der Waals surface area contributed by atoms with Gasteiger partial charge in [0.1, 0.15) is 0 Å². The minimum atomic E-state index is -1.49. The molecule has 0 N–H and O–H groups in total. The van der Waals surface area contributed by atoms with Crippen LogP contribution in [0.4, 0.5) is 0 Å². The zero-order chi connectivity index (χ0) is 15.1. The van der Waals surface area contributed by atoms with Crippen molar-refractivity contribution in [2.75, 3.05) is 0 Å². The molecule has 0 aromatic heterocycles. The third-order valence-corrected chi connectivity index (χ3v) is 10.9. The lowest BCUT2D eigenvalue weighted by Gasteiger charge is -2.31. The van der Waals surface area contributed by atoms with Crippen molar-refractivity contribution in [2.45, 2.75) is 50.2 Å². The standard InChI is InChI=1S/C18H30Si2/c1-6-14-20(15-7-2,17-11-16-19(3,4)5)18-12-9-8-10-13-18/h6-10,12-13H,1-2,11,14-17H2,3-5H3. The van der Waals surface area contributed by atoms with Crippen LogP contribution in [0, 0.1) is 0 Å². The molecule has 0 bridgehead atoms. The van der Waals surface area contributed by atoms with Gasteiger partial charge in [-0.25, -0.2) is 0 Å². The minimum Gasteiger partial charge on any atom is -0.103 e. The van der Waals surface area contributed by atoms with Gasteiger partial charge in [0.25, 0.3) is 0 Å². The maximum absolute atomic E-state index is 4.02. The maximum atomic E-state index is 4.02. The highest BCUT2D eigenvalue weighted by Gasteiger charge is 2.32. The van der Waals surface area contributed by atoms with Crippen LogP contribution in [0.25, 0.3) is 0 Å². The number of benzene rings is 1. The summed E-state index contributed by atoms with van der Waals surface area (Å²) in [4.78, 5) is 0. The van der Waals surface area contributed by atoms with E-state index in [1.807, 2.05) is 0 Å². The molecule has 0 heterocycles. The predicted octanol–water partition coefficient (Wildman–Crippen LogP) is 5.44. The third kappa shape index (κ3) is 5.25. The highest BCUT2D eigenvalue weighted by molar-refractivity contribution is 6.92. The van der Waals surface area contributed by atoms with Gasteiger partial charge >= 0.3 is 0 Å². The molecule has 0 aliphatic carbocycles. The Labute approximate surface area is 127 Å². The zero-order valence-electron chi connectivity index (χ0n) is 13.5. The van der Waals surface area contributed by atoms with Gasteiger partial charge in [-0.05, 0) is 12.1 Å². The van der Waals surface area contributed by atoms with E-state index in [0.29, 0.717) is 0 Å². The van der Waals surface area contributed by atoms with E-state index in [4.69, 9.17) is 0 Å². The Morgan fingerprint density at radius 2 is 1.45 bits per heavy atom. The molecule has 0 aliphatic rings. The van der Waals surface area contributed by atoms with E-state index in [1.54, 1.807) is 5.19 Å². The number of hydrogen-bond donors (Lipinski definition) is 0. The smallest absolute Gasteiger partial charge is 0.0940 e. The van der Waals surface area contributed by atoms with Crippen molar-refractivity contribution in [3.8, 4) is 0 Å². The van der Waals surface area contributed by atoms with E-state index in [-0.39, 0.29) is 0 Å². The Morgan fingerprint density at radius 1 is 0.900 bits per heavy atom. The zero-order valence-corrected chi connectivity index (χ0v) is 15.5. The highest BCUT2D eigenvalue weighted by atomic mass is 28.3. The monoisotopic (exact) mass is 302 g/mol. The van der Waals surface area contributed by atoms with E-state index in [9.17, 15) is 0 Å². The molecule has 1 aromatic rings. The molecule has 0 aliphatic heterocycles. The van der Waals surface area contributed by atoms with Gasteiger partial charge in [0.2, 0.25) is 0 Å². The van der Waals surface area contributed by atoms with Crippen molar-refractivity contribution in [1.29, 1.82) is 0 Å². The van der Waals surface area contributed by atoms with Crippen LogP contribution in [0.5, 0.6) is 0 Å². The molecule has 2 heteroatoms. The van der Waals surface area contributed by atoms with Gasteiger partial charge in [-0.1, -0.05) is 85.8 Å². The lowest BCUT2D eigenvalue weighted by atomic mass is 10.4. The van der Waals surface area contributed by atoms with Crippen LogP contribution in [-0.2, 0) is 0 Å². The lowest BCUT2D eigenvalue weighted by molar-refractivity contribution is 1.01. The molecular formula is C18H30Si2. The van der Waals surface area contributed by atoms with Gasteiger partial charge in [-0.15, -0.1) is 13.2 Å². The SMILES string of the molecule is C=CC[Si](CC=C)(CCC[Si](C)(C)C)c1ccccc1. The number of rotatable bonds is 9. The van der Waals surface area contributed by atoms with Gasteiger partial charge in [-0.3, -0.25) is 0 Å². The first-order chi connectivity index (χ1) is 9.43. The second kappa shape index (κ2) is 7.79. The summed E-state index contributed by atoms with van der Waals surface area (Å²) >= 11 is 0. The van der Waals surface area contributed by atoms with Crippen molar-refractivity contribution in [2.24, 2.45) is 0 Å². The number of allylic oxidation sites excluding steroid dienone is 2. The quantitative estimate of drug-likeness (QED) is 0.421. The first-order valence-corrected chi connectivity index (χ1v) is 14.0. The molecule has 1 rings (SSSR count). The number of hydrogen-bond acceptors (Lipinski definition) is 0. The molecule has 0 saturated heterocycles. The van der Waals surface area contributed by atoms with Crippen LogP contribution in [0.15, 0.2) is 55.6 Å². The van der Waals surface area contributed by atoms with Crippen molar-refractivity contribution in [1.82, 2.24) is 0 Å². The van der Waals surface area contributed by atoms with E-state index >= 15 is 0 Å². The maximum Gasteiger partial charge on any atom is 0.0940 e. The molecule has 0 saturated carbocycles. The first kappa shape index (κ1) is 17.2. The summed E-state index contributed by atoms with van der Waals surface area (Å²) in [6.07, 6.45) is 5.65. The molecule has 110 valence electrons. The first-order valence-electron chi connectivity index (χ1n) is 7.71. The average molecular weight is 303 g/mol. The van der Waals surface area contributed by atoms with Gasteiger partial charge in [0.15, 0.2) is 0 Å². The summed E-state index contributed by atoms with van der Waals surface area (Å²) in [6.45, 7) is 15.5. The van der Waals surface area contributed by atoms with Crippen LogP contribution in [0.2, 0.25) is 43.8 Å². The van der Waals surface area contributed by atoms with E-state index in [1.165, 1.54) is 30.6 Å². The predicted molar refractivity (Wildman–Crippen MR) is 99.4 cm³/mol. The molecule has 1 aromatic carbocycles. The Kier molecular flexibility index (Phi) is 6.70. The summed E-state index contributed by atoms with van der Waals surface area (Å²) in [5.74, 6) is 0. The summed E-state index contributed by atoms with van der Waals surface area (Å²) in [7, 11) is -2.42. The Morgan fingerprint density at radius 3 is 1.90 bits per heavy atom. The van der Waals surface area contributed by atoms with Crippen molar-refractivity contribution in [3.63, 3.8) is 0 Å². The van der Waals surface area contributed by atoms with E-state index in [0.717, 1.165) is 0 Å². The second-order valence-electron chi connectivity index (χ2n) is 7.05.